The summed E-state index contributed by atoms with van der Waals surface area (Å²) in [5.74, 6) is 1.56. The van der Waals surface area contributed by atoms with Crippen LogP contribution in [0.2, 0.25) is 0 Å². The van der Waals surface area contributed by atoms with Gasteiger partial charge in [0.15, 0.2) is 0 Å². The normalized spacial score (nSPS) is 21.8. The van der Waals surface area contributed by atoms with Crippen LogP contribution >= 0.6 is 0 Å². The van der Waals surface area contributed by atoms with E-state index in [1.165, 1.54) is 0 Å². The van der Waals surface area contributed by atoms with Crippen LogP contribution in [0.1, 0.15) is 27.2 Å². The number of ether oxygens (including phenoxy) is 2. The molecule has 0 radical (unpaired) electrons. The number of aromatic nitrogens is 3. The van der Waals surface area contributed by atoms with Crippen molar-refractivity contribution in [3.8, 4) is 6.01 Å². The van der Waals surface area contributed by atoms with E-state index in [2.05, 4.69) is 32.5 Å². The second kappa shape index (κ2) is 7.23. The summed E-state index contributed by atoms with van der Waals surface area (Å²) >= 11 is 0. The highest BCUT2D eigenvalue weighted by molar-refractivity contribution is 5.35. The first kappa shape index (κ1) is 14.8. The van der Waals surface area contributed by atoms with Crippen LogP contribution < -0.4 is 15.4 Å². The number of rotatable bonds is 7. The van der Waals surface area contributed by atoms with Crippen LogP contribution in [0.3, 0.4) is 0 Å². The van der Waals surface area contributed by atoms with Gasteiger partial charge in [-0.2, -0.15) is 15.0 Å². The Balaban J connectivity index is 2.01. The highest BCUT2D eigenvalue weighted by Crippen LogP contribution is 2.21. The summed E-state index contributed by atoms with van der Waals surface area (Å²) in [5, 5.41) is 6.33. The minimum absolute atomic E-state index is 0.281. The van der Waals surface area contributed by atoms with Crippen molar-refractivity contribution in [2.75, 3.05) is 36.9 Å². The summed E-state index contributed by atoms with van der Waals surface area (Å²) in [6.45, 7) is 8.91. The second-order valence-electron chi connectivity index (χ2n) is 4.73. The van der Waals surface area contributed by atoms with E-state index < -0.39 is 0 Å². The Morgan fingerprint density at radius 1 is 1.20 bits per heavy atom. The number of hydrogen-bond acceptors (Lipinski definition) is 7. The van der Waals surface area contributed by atoms with Gasteiger partial charge in [-0.25, -0.2) is 0 Å². The van der Waals surface area contributed by atoms with E-state index in [0.29, 0.717) is 30.4 Å². The molecule has 1 saturated heterocycles. The van der Waals surface area contributed by atoms with E-state index >= 15 is 0 Å². The number of anilines is 2. The van der Waals surface area contributed by atoms with Crippen LogP contribution in [0.25, 0.3) is 0 Å². The summed E-state index contributed by atoms with van der Waals surface area (Å²) in [4.78, 5) is 12.8. The van der Waals surface area contributed by atoms with Gasteiger partial charge >= 0.3 is 6.01 Å². The van der Waals surface area contributed by atoms with Crippen LogP contribution in [-0.2, 0) is 4.74 Å². The van der Waals surface area contributed by atoms with Gasteiger partial charge in [0, 0.05) is 25.6 Å². The third-order valence-electron chi connectivity index (χ3n) is 3.28. The zero-order valence-electron chi connectivity index (χ0n) is 12.3. The fourth-order valence-corrected chi connectivity index (χ4v) is 2.13. The van der Waals surface area contributed by atoms with E-state index in [1.807, 2.05) is 13.8 Å². The quantitative estimate of drug-likeness (QED) is 0.784. The van der Waals surface area contributed by atoms with Crippen molar-refractivity contribution in [3.63, 3.8) is 0 Å². The molecule has 0 aromatic carbocycles. The average Bonchev–Trinajstić information content (AvgIpc) is 2.83. The van der Waals surface area contributed by atoms with Gasteiger partial charge in [0.1, 0.15) is 0 Å². The third-order valence-corrected chi connectivity index (χ3v) is 3.28. The van der Waals surface area contributed by atoms with Crippen molar-refractivity contribution in [1.29, 1.82) is 0 Å². The minimum atomic E-state index is 0.281. The summed E-state index contributed by atoms with van der Waals surface area (Å²) < 4.78 is 10.9. The van der Waals surface area contributed by atoms with Gasteiger partial charge < -0.3 is 20.1 Å². The Hall–Kier alpha value is -1.63. The van der Waals surface area contributed by atoms with Crippen LogP contribution in [-0.4, -0.2) is 47.4 Å². The molecule has 1 fully saturated rings. The monoisotopic (exact) mass is 281 g/mol. The molecule has 0 amide bonds. The van der Waals surface area contributed by atoms with Crippen LogP contribution in [0.15, 0.2) is 0 Å². The largest absolute Gasteiger partial charge is 0.464 e. The topological polar surface area (TPSA) is 81.2 Å². The molecule has 7 nitrogen and oxygen atoms in total. The molecule has 2 unspecified atom stereocenters. The highest BCUT2D eigenvalue weighted by atomic mass is 16.5. The Kier molecular flexibility index (Phi) is 5.34. The minimum Gasteiger partial charge on any atom is -0.464 e. The summed E-state index contributed by atoms with van der Waals surface area (Å²) in [7, 11) is 0. The molecule has 112 valence electrons. The molecule has 0 spiro atoms. The van der Waals surface area contributed by atoms with E-state index in [-0.39, 0.29) is 6.10 Å². The van der Waals surface area contributed by atoms with Crippen LogP contribution in [0, 0.1) is 5.92 Å². The molecule has 2 heterocycles. The first-order valence-electron chi connectivity index (χ1n) is 7.21. The van der Waals surface area contributed by atoms with Gasteiger partial charge in [-0.1, -0.05) is 0 Å². The van der Waals surface area contributed by atoms with Gasteiger partial charge in [-0.15, -0.1) is 0 Å². The molecule has 0 saturated carbocycles. The van der Waals surface area contributed by atoms with Crippen molar-refractivity contribution in [2.24, 2.45) is 5.92 Å². The summed E-state index contributed by atoms with van der Waals surface area (Å²) in [6, 6.07) is 0.344. The molecular formula is C13H23N5O2. The Bertz CT molecular complexity index is 405. The maximum absolute atomic E-state index is 5.55. The lowest BCUT2D eigenvalue weighted by Crippen LogP contribution is -2.22. The predicted octanol–water partition coefficient (Wildman–Crippen LogP) is 1.54. The maximum Gasteiger partial charge on any atom is 0.323 e. The van der Waals surface area contributed by atoms with Crippen molar-refractivity contribution in [2.45, 2.75) is 33.3 Å². The molecule has 1 aromatic rings. The molecule has 1 aliphatic rings. The Morgan fingerprint density at radius 3 is 2.55 bits per heavy atom. The lowest BCUT2D eigenvalue weighted by Gasteiger charge is -2.15. The highest BCUT2D eigenvalue weighted by Gasteiger charge is 2.24. The van der Waals surface area contributed by atoms with E-state index in [1.54, 1.807) is 0 Å². The smallest absolute Gasteiger partial charge is 0.323 e. The zero-order chi connectivity index (χ0) is 14.4. The fourth-order valence-electron chi connectivity index (χ4n) is 2.13. The Labute approximate surface area is 119 Å². The van der Waals surface area contributed by atoms with Crippen molar-refractivity contribution in [1.82, 2.24) is 15.0 Å². The average molecular weight is 281 g/mol. The summed E-state index contributed by atoms with van der Waals surface area (Å²) in [6.07, 6.45) is 1.35. The van der Waals surface area contributed by atoms with Crippen molar-refractivity contribution in [3.05, 3.63) is 0 Å². The molecule has 7 heteroatoms. The van der Waals surface area contributed by atoms with Crippen molar-refractivity contribution >= 4 is 11.9 Å². The standard InChI is InChI=1S/C13H23N5O2/c1-4-14-11-16-12(18-13(17-11)19-5-2)15-8-10-6-7-20-9(10)3/h9-10H,4-8H2,1-3H3,(H2,14,15,16,17,18). The fraction of sp³-hybridized carbons (Fsp3) is 0.769. The molecule has 1 aromatic heterocycles. The Morgan fingerprint density at radius 2 is 1.95 bits per heavy atom. The zero-order valence-corrected chi connectivity index (χ0v) is 12.3. The van der Waals surface area contributed by atoms with Crippen LogP contribution in [0.5, 0.6) is 6.01 Å². The summed E-state index contributed by atoms with van der Waals surface area (Å²) in [5.41, 5.74) is 0. The van der Waals surface area contributed by atoms with Gasteiger partial charge in [-0.05, 0) is 27.2 Å². The van der Waals surface area contributed by atoms with Gasteiger partial charge in [-0.3, -0.25) is 0 Å². The maximum atomic E-state index is 5.55. The molecule has 2 rings (SSSR count). The van der Waals surface area contributed by atoms with Crippen molar-refractivity contribution < 1.29 is 9.47 Å². The second-order valence-corrected chi connectivity index (χ2v) is 4.73. The van der Waals surface area contributed by atoms with E-state index in [0.717, 1.165) is 26.1 Å². The van der Waals surface area contributed by atoms with Gasteiger partial charge in [0.25, 0.3) is 0 Å². The van der Waals surface area contributed by atoms with Crippen LogP contribution in [0.4, 0.5) is 11.9 Å². The first-order valence-corrected chi connectivity index (χ1v) is 7.21. The van der Waals surface area contributed by atoms with Gasteiger partial charge in [0.05, 0.1) is 12.7 Å². The third kappa shape index (κ3) is 3.93. The number of nitrogens with zero attached hydrogens (tertiary/aromatic N) is 3. The van der Waals surface area contributed by atoms with Gasteiger partial charge in [0.2, 0.25) is 11.9 Å². The lowest BCUT2D eigenvalue weighted by molar-refractivity contribution is 0.108. The molecule has 0 bridgehead atoms. The lowest BCUT2D eigenvalue weighted by atomic mass is 10.0. The van der Waals surface area contributed by atoms with E-state index in [9.17, 15) is 0 Å². The molecule has 2 N–H and O–H groups in total. The molecule has 2 atom stereocenters. The predicted molar refractivity (Wildman–Crippen MR) is 77.2 cm³/mol. The molecule has 0 aliphatic carbocycles. The van der Waals surface area contributed by atoms with E-state index in [4.69, 9.17) is 9.47 Å². The number of hydrogen-bond donors (Lipinski definition) is 2. The molecule has 20 heavy (non-hydrogen) atoms. The SMILES string of the molecule is CCNc1nc(NCC2CCOC2C)nc(OCC)n1. The molecule has 1 aliphatic heterocycles. The first-order chi connectivity index (χ1) is 9.72. The molecular weight excluding hydrogens is 258 g/mol. The number of nitrogens with one attached hydrogen (secondary N) is 2.